The number of carbonyl (C=O) groups excluding carboxylic acids is 2. The molecular weight excluding hydrogens is 737 g/mol. The number of methoxy groups -OCH3 is 1. The molecule has 1 aromatic carbocycles. The summed E-state index contributed by atoms with van der Waals surface area (Å²) in [5, 5.41) is 3.52. The molecule has 0 radical (unpaired) electrons. The van der Waals surface area contributed by atoms with Crippen molar-refractivity contribution in [3.05, 3.63) is 75.7 Å². The lowest BCUT2D eigenvalue weighted by Gasteiger charge is -2.62. The van der Waals surface area contributed by atoms with Gasteiger partial charge in [-0.25, -0.2) is 14.3 Å². The van der Waals surface area contributed by atoms with Gasteiger partial charge in [0, 0.05) is 47.4 Å². The normalized spacial score (nSPS) is 29.9. The quantitative estimate of drug-likeness (QED) is 0.0937. The van der Waals surface area contributed by atoms with E-state index in [4.69, 9.17) is 23.5 Å². The summed E-state index contributed by atoms with van der Waals surface area (Å²) in [4.78, 5) is 53.7. The van der Waals surface area contributed by atoms with Gasteiger partial charge in [0.05, 0.1) is 35.6 Å². The number of nitrogens with one attached hydrogen (secondary N) is 1. The van der Waals surface area contributed by atoms with E-state index >= 15 is 4.79 Å². The van der Waals surface area contributed by atoms with E-state index in [2.05, 4.69) is 16.4 Å². The largest absolute Gasteiger partial charge is 0.524 e. The number of fused-ring (bicyclic) bond motifs is 4. The van der Waals surface area contributed by atoms with E-state index < -0.39 is 48.2 Å². The summed E-state index contributed by atoms with van der Waals surface area (Å²) in [5.74, 6) is -0.597. The molecule has 14 heteroatoms. The van der Waals surface area contributed by atoms with Crippen molar-refractivity contribution in [3.63, 3.8) is 0 Å². The van der Waals surface area contributed by atoms with Crippen molar-refractivity contribution in [2.45, 2.75) is 116 Å². The van der Waals surface area contributed by atoms with Gasteiger partial charge in [0.2, 0.25) is 5.95 Å². The van der Waals surface area contributed by atoms with Crippen LogP contribution in [0, 0.1) is 11.8 Å². The lowest BCUT2D eigenvalue weighted by Crippen LogP contribution is -2.75. The summed E-state index contributed by atoms with van der Waals surface area (Å²) in [6, 6.07) is -0.553. The van der Waals surface area contributed by atoms with Crippen molar-refractivity contribution in [1.82, 2.24) is 9.55 Å². The Morgan fingerprint density at radius 3 is 2.50 bits per heavy atom. The van der Waals surface area contributed by atoms with E-state index in [0.29, 0.717) is 64.5 Å². The van der Waals surface area contributed by atoms with Gasteiger partial charge in [0.15, 0.2) is 22.7 Å². The molecule has 56 heavy (non-hydrogen) atoms. The first-order valence-electron chi connectivity index (χ1n) is 19.1. The summed E-state index contributed by atoms with van der Waals surface area (Å²) in [6.07, 6.45) is 15.3. The number of ketones is 1. The highest BCUT2D eigenvalue weighted by molar-refractivity contribution is 7.46. The molecule has 4 bridgehead atoms. The number of hydrogen-bond acceptors (Lipinski definition) is 10. The number of allylic oxidation sites excluding steroid dienone is 4. The van der Waals surface area contributed by atoms with Gasteiger partial charge in [0.25, 0.3) is 0 Å². The van der Waals surface area contributed by atoms with Crippen molar-refractivity contribution in [3.8, 4) is 17.2 Å². The van der Waals surface area contributed by atoms with E-state index in [1.54, 1.807) is 19.2 Å². The maximum absolute atomic E-state index is 15.3. The summed E-state index contributed by atoms with van der Waals surface area (Å²) < 4.78 is 47.3. The number of imidazole rings is 1. The van der Waals surface area contributed by atoms with Gasteiger partial charge in [0.1, 0.15) is 17.1 Å². The summed E-state index contributed by atoms with van der Waals surface area (Å²) in [7, 11) is -3.87. The van der Waals surface area contributed by atoms with Crippen LogP contribution in [0.1, 0.15) is 104 Å². The number of anilines is 1. The van der Waals surface area contributed by atoms with Crippen LogP contribution >= 0.6 is 7.82 Å². The number of esters is 1. The number of hydrogen-bond donors (Lipinski definition) is 3. The van der Waals surface area contributed by atoms with E-state index in [0.717, 1.165) is 12.0 Å². The third-order valence-corrected chi connectivity index (χ3v) is 12.8. The highest BCUT2D eigenvalue weighted by Gasteiger charge is 2.84. The fourth-order valence-corrected chi connectivity index (χ4v) is 10.5. The molecule has 6 unspecified atom stereocenters. The Bertz CT molecular complexity index is 2280. The molecule has 13 nitrogen and oxygen atoms in total. The van der Waals surface area contributed by atoms with Crippen LogP contribution in [0.4, 0.5) is 5.95 Å². The molecule has 0 amide bonds. The molecule has 4 fully saturated rings. The molecule has 1 aromatic heterocycles. The Labute approximate surface area is 326 Å². The number of rotatable bonds is 10. The van der Waals surface area contributed by atoms with E-state index in [9.17, 15) is 19.1 Å². The van der Waals surface area contributed by atoms with Crippen LogP contribution in [0.25, 0.3) is 11.8 Å². The van der Waals surface area contributed by atoms with Crippen LogP contribution in [0.5, 0.6) is 17.2 Å². The molecule has 2 aromatic rings. The molecule has 5 heterocycles. The number of aromatic nitrogens is 2. The van der Waals surface area contributed by atoms with Crippen molar-refractivity contribution in [2.75, 3.05) is 12.4 Å². The van der Waals surface area contributed by atoms with Crippen molar-refractivity contribution < 1.29 is 47.4 Å². The molecule has 1 spiro atoms. The standard InChI is InChI=1S/C42H50N3O10P/c1-22(2)11-10-16-40(8)17-15-26-33(52-40)25(13-12-23(3)4)34-29(35(26)54-56(48,49)50)31-30-32(45-20-19-43-38(45)44-31)27-21-28-39(6,7)55-41(36(27)46,42(28,30)53-34)18-14-24(5)37(47)51-9/h11-12,14-15,17,19-20,27-28,32H,10,13,16,18,21H2,1-9H3,(H,43,44)(H2,48,49,50)/b24-14-. The van der Waals surface area contributed by atoms with Gasteiger partial charge in [-0.1, -0.05) is 29.4 Å². The maximum Gasteiger partial charge on any atom is 0.524 e. The zero-order valence-electron chi connectivity index (χ0n) is 33.3. The number of nitrogens with zero attached hydrogens (tertiary/aromatic N) is 2. The van der Waals surface area contributed by atoms with Gasteiger partial charge in [-0.2, -0.15) is 0 Å². The zero-order valence-corrected chi connectivity index (χ0v) is 34.2. The Balaban J connectivity index is 1.47. The van der Waals surface area contributed by atoms with Gasteiger partial charge in [-0.05, 0) is 93.2 Å². The summed E-state index contributed by atoms with van der Waals surface area (Å²) >= 11 is 0. The molecule has 3 aliphatic carbocycles. The Morgan fingerprint density at radius 1 is 1.09 bits per heavy atom. The average Bonchev–Trinajstić information content (AvgIpc) is 3.64. The predicted molar refractivity (Wildman–Crippen MR) is 209 cm³/mol. The lowest BCUT2D eigenvalue weighted by molar-refractivity contribution is -0.181. The minimum absolute atomic E-state index is 0.0145. The van der Waals surface area contributed by atoms with Gasteiger partial charge < -0.3 is 33.4 Å². The number of phosphoric acid groups is 1. The minimum Gasteiger partial charge on any atom is -0.482 e. The lowest BCUT2D eigenvalue weighted by atomic mass is 9.47. The van der Waals surface area contributed by atoms with Gasteiger partial charge >= 0.3 is 13.8 Å². The zero-order chi connectivity index (χ0) is 40.3. The SMILES string of the molecule is COC(=O)/C(C)=C\CC12OC(C)(C)C3CC(C1=O)C1C4=C(Nc5nccn51)c1c(OP(=O)(O)O)c5c(c(CC=C(C)C)c1OC432)OC(C)(CCC=C(C)C)C=C5. The third kappa shape index (κ3) is 5.52. The second-order valence-corrected chi connectivity index (χ2v) is 18.3. The van der Waals surface area contributed by atoms with Crippen LogP contribution < -0.4 is 19.3 Å². The van der Waals surface area contributed by atoms with Gasteiger partial charge in [-0.3, -0.25) is 14.6 Å². The Morgan fingerprint density at radius 2 is 1.82 bits per heavy atom. The average molecular weight is 788 g/mol. The van der Waals surface area contributed by atoms with Crippen LogP contribution in [-0.2, 0) is 30.0 Å². The van der Waals surface area contributed by atoms with Crippen LogP contribution in [0.3, 0.4) is 0 Å². The fraction of sp³-hybridized carbons (Fsp3) is 0.500. The Hall–Kier alpha value is -4.42. The van der Waals surface area contributed by atoms with Crippen molar-refractivity contribution in [2.24, 2.45) is 11.8 Å². The number of benzene rings is 1. The summed E-state index contributed by atoms with van der Waals surface area (Å²) in [6.45, 7) is 15.6. The second-order valence-electron chi connectivity index (χ2n) is 17.1. The fourth-order valence-electron chi connectivity index (χ4n) is 10.1. The molecule has 3 saturated carbocycles. The van der Waals surface area contributed by atoms with Crippen LogP contribution in [0.2, 0.25) is 0 Å². The Kier molecular flexibility index (Phi) is 8.79. The maximum atomic E-state index is 15.3. The molecule has 6 atom stereocenters. The predicted octanol–water partition coefficient (Wildman–Crippen LogP) is 7.56. The number of Topliss-reactive ketones (excluding diaryl/α,β-unsaturated/α-hetero) is 1. The highest BCUT2D eigenvalue weighted by Crippen LogP contribution is 2.74. The van der Waals surface area contributed by atoms with E-state index in [1.165, 1.54) is 12.7 Å². The van der Waals surface area contributed by atoms with E-state index in [-0.39, 0.29) is 29.6 Å². The summed E-state index contributed by atoms with van der Waals surface area (Å²) in [5.41, 5.74) is 0.337. The first-order chi connectivity index (χ1) is 26.3. The van der Waals surface area contributed by atoms with E-state index in [1.807, 2.05) is 77.5 Å². The molecule has 7 aliphatic rings. The number of carbonyl (C=O) groups is 2. The number of ether oxygens (including phenoxy) is 4. The molecule has 298 valence electrons. The topological polar surface area (TPSA) is 168 Å². The highest BCUT2D eigenvalue weighted by atomic mass is 31.2. The smallest absolute Gasteiger partial charge is 0.482 e. The molecule has 9 rings (SSSR count). The van der Waals surface area contributed by atoms with Crippen molar-refractivity contribution in [1.29, 1.82) is 0 Å². The van der Waals surface area contributed by atoms with Crippen LogP contribution in [0.15, 0.2) is 59.0 Å². The van der Waals surface area contributed by atoms with Crippen LogP contribution in [-0.4, -0.2) is 60.6 Å². The third-order valence-electron chi connectivity index (χ3n) is 12.4. The number of phosphoric ester groups is 1. The molecule has 4 aliphatic heterocycles. The monoisotopic (exact) mass is 787 g/mol. The first-order valence-corrected chi connectivity index (χ1v) is 20.7. The molecule has 1 saturated heterocycles. The first kappa shape index (κ1) is 38.5. The van der Waals surface area contributed by atoms with Gasteiger partial charge in [-0.15, -0.1) is 0 Å². The second kappa shape index (κ2) is 12.8. The minimum atomic E-state index is -5.18. The van der Waals surface area contributed by atoms with Crippen molar-refractivity contribution >= 4 is 37.3 Å². The molecular formula is C42H50N3O10P. The molecule has 3 N–H and O–H groups in total.